The molecule has 1 N–H and O–H groups in total. The third-order valence-electron chi connectivity index (χ3n) is 2.38. The maximum absolute atomic E-state index is 11.5. The minimum Gasteiger partial charge on any atom is -0.444 e. The minimum atomic E-state index is -0.513. The Hall–Kier alpha value is -1.84. The van der Waals surface area contributed by atoms with Crippen LogP contribution < -0.4 is 5.32 Å². The number of benzene rings is 1. The van der Waals surface area contributed by atoms with Crippen LogP contribution in [-0.2, 0) is 11.3 Å². The van der Waals surface area contributed by atoms with Gasteiger partial charge in [-0.2, -0.15) is 0 Å². The molecule has 0 saturated carbocycles. The minimum absolute atomic E-state index is 0.0159. The molecule has 4 heteroatoms. The van der Waals surface area contributed by atoms with Crippen LogP contribution in [0.2, 0.25) is 0 Å². The standard InChI is InChI=1S/C15H21NO3/c1-10-6-12(8-13(7-10)11(2)17)9-16-14(18)19-15(3,4)5/h6-8H,9H2,1-5H3,(H,16,18). The molecule has 0 bridgehead atoms. The Labute approximate surface area is 114 Å². The Morgan fingerprint density at radius 1 is 1.21 bits per heavy atom. The molecule has 0 fully saturated rings. The Balaban J connectivity index is 2.68. The molecule has 0 atom stereocenters. The van der Waals surface area contributed by atoms with Crippen LogP contribution in [0.1, 0.15) is 49.2 Å². The summed E-state index contributed by atoms with van der Waals surface area (Å²) in [7, 11) is 0. The highest BCUT2D eigenvalue weighted by Gasteiger charge is 2.15. The molecule has 0 aromatic heterocycles. The summed E-state index contributed by atoms with van der Waals surface area (Å²) in [5.41, 5.74) is 2.02. The van der Waals surface area contributed by atoms with Crippen LogP contribution in [0.4, 0.5) is 4.79 Å². The van der Waals surface area contributed by atoms with Crippen LogP contribution in [0, 0.1) is 6.92 Å². The maximum atomic E-state index is 11.5. The number of amides is 1. The lowest BCUT2D eigenvalue weighted by Crippen LogP contribution is -2.32. The van der Waals surface area contributed by atoms with Crippen molar-refractivity contribution in [2.75, 3.05) is 0 Å². The fourth-order valence-electron chi connectivity index (χ4n) is 1.66. The van der Waals surface area contributed by atoms with Crippen molar-refractivity contribution in [1.29, 1.82) is 0 Å². The molecule has 0 aliphatic rings. The summed E-state index contributed by atoms with van der Waals surface area (Å²) in [5, 5.41) is 2.68. The van der Waals surface area contributed by atoms with Crippen molar-refractivity contribution in [3.05, 3.63) is 34.9 Å². The first-order chi connectivity index (χ1) is 8.67. The molecule has 104 valence electrons. The number of hydrogen-bond donors (Lipinski definition) is 1. The quantitative estimate of drug-likeness (QED) is 0.852. The lowest BCUT2D eigenvalue weighted by Gasteiger charge is -2.19. The average Bonchev–Trinajstić information content (AvgIpc) is 2.23. The Morgan fingerprint density at radius 3 is 2.37 bits per heavy atom. The highest BCUT2D eigenvalue weighted by Crippen LogP contribution is 2.11. The van der Waals surface area contributed by atoms with Crippen LogP contribution in [0.25, 0.3) is 0 Å². The van der Waals surface area contributed by atoms with Gasteiger partial charge in [-0.15, -0.1) is 0 Å². The Bertz CT molecular complexity index is 487. The van der Waals surface area contributed by atoms with E-state index in [1.54, 1.807) is 6.07 Å². The second-order valence-corrected chi connectivity index (χ2v) is 5.62. The summed E-state index contributed by atoms with van der Waals surface area (Å²) in [5.74, 6) is 0.0159. The molecule has 1 rings (SSSR count). The van der Waals surface area contributed by atoms with Gasteiger partial charge in [0, 0.05) is 12.1 Å². The first kappa shape index (κ1) is 15.2. The molecule has 19 heavy (non-hydrogen) atoms. The lowest BCUT2D eigenvalue weighted by atomic mass is 10.0. The van der Waals surface area contributed by atoms with Gasteiger partial charge in [0.25, 0.3) is 0 Å². The summed E-state index contributed by atoms with van der Waals surface area (Å²) in [4.78, 5) is 22.9. The van der Waals surface area contributed by atoms with Gasteiger partial charge >= 0.3 is 6.09 Å². The summed E-state index contributed by atoms with van der Waals surface area (Å²) >= 11 is 0. The smallest absolute Gasteiger partial charge is 0.407 e. The predicted molar refractivity (Wildman–Crippen MR) is 74.3 cm³/mol. The average molecular weight is 263 g/mol. The van der Waals surface area contributed by atoms with E-state index in [1.165, 1.54) is 6.92 Å². The molecular formula is C15H21NO3. The van der Waals surface area contributed by atoms with Gasteiger partial charge in [-0.3, -0.25) is 4.79 Å². The number of carbonyl (C=O) groups excluding carboxylic acids is 2. The first-order valence-corrected chi connectivity index (χ1v) is 6.26. The normalized spacial score (nSPS) is 11.0. The second kappa shape index (κ2) is 5.87. The van der Waals surface area contributed by atoms with Gasteiger partial charge in [0.1, 0.15) is 5.60 Å². The van der Waals surface area contributed by atoms with E-state index in [1.807, 2.05) is 39.8 Å². The van der Waals surface area contributed by atoms with Crippen LogP contribution >= 0.6 is 0 Å². The van der Waals surface area contributed by atoms with Gasteiger partial charge in [0.2, 0.25) is 0 Å². The molecule has 0 unspecified atom stereocenters. The Morgan fingerprint density at radius 2 is 1.84 bits per heavy atom. The number of nitrogens with one attached hydrogen (secondary N) is 1. The number of alkyl carbamates (subject to hydrolysis) is 1. The van der Waals surface area contributed by atoms with Crippen molar-refractivity contribution < 1.29 is 14.3 Å². The van der Waals surface area contributed by atoms with Crippen molar-refractivity contribution in [2.24, 2.45) is 0 Å². The van der Waals surface area contributed by atoms with Gasteiger partial charge < -0.3 is 10.1 Å². The highest BCUT2D eigenvalue weighted by atomic mass is 16.6. The number of ether oxygens (including phenoxy) is 1. The monoisotopic (exact) mass is 263 g/mol. The number of Topliss-reactive ketones (excluding diaryl/α,β-unsaturated/α-hetero) is 1. The van der Waals surface area contributed by atoms with Crippen molar-refractivity contribution in [2.45, 2.75) is 46.8 Å². The zero-order valence-electron chi connectivity index (χ0n) is 12.2. The van der Waals surface area contributed by atoms with Crippen molar-refractivity contribution in [3.63, 3.8) is 0 Å². The van der Waals surface area contributed by atoms with Crippen LogP contribution in [0.15, 0.2) is 18.2 Å². The number of ketones is 1. The fraction of sp³-hybridized carbons (Fsp3) is 0.467. The van der Waals surface area contributed by atoms with Crippen LogP contribution in [0.3, 0.4) is 0 Å². The topological polar surface area (TPSA) is 55.4 Å². The number of hydrogen-bond acceptors (Lipinski definition) is 3. The molecule has 0 spiro atoms. The van der Waals surface area contributed by atoms with Crippen LogP contribution in [-0.4, -0.2) is 17.5 Å². The van der Waals surface area contributed by atoms with E-state index >= 15 is 0 Å². The zero-order valence-corrected chi connectivity index (χ0v) is 12.2. The summed E-state index contributed by atoms with van der Waals surface area (Å²) in [6.07, 6.45) is -0.460. The largest absolute Gasteiger partial charge is 0.444 e. The molecule has 1 aromatic rings. The summed E-state index contributed by atoms with van der Waals surface area (Å²) in [6.45, 7) is 9.23. The van der Waals surface area contributed by atoms with Gasteiger partial charge in [0.05, 0.1) is 0 Å². The molecule has 0 heterocycles. The third-order valence-corrected chi connectivity index (χ3v) is 2.38. The molecular weight excluding hydrogens is 242 g/mol. The van der Waals surface area contributed by atoms with Crippen molar-refractivity contribution >= 4 is 11.9 Å². The Kier molecular flexibility index (Phi) is 4.70. The van der Waals surface area contributed by atoms with Crippen LogP contribution in [0.5, 0.6) is 0 Å². The van der Waals surface area contributed by atoms with Crippen molar-refractivity contribution in [1.82, 2.24) is 5.32 Å². The van der Waals surface area contributed by atoms with E-state index in [9.17, 15) is 9.59 Å². The second-order valence-electron chi connectivity index (χ2n) is 5.62. The SMILES string of the molecule is CC(=O)c1cc(C)cc(CNC(=O)OC(C)(C)C)c1. The third kappa shape index (κ3) is 5.55. The number of rotatable bonds is 3. The molecule has 1 aromatic carbocycles. The van der Waals surface area contributed by atoms with Gasteiger partial charge in [-0.1, -0.05) is 11.6 Å². The van der Waals surface area contributed by atoms with Gasteiger partial charge in [-0.05, 0) is 52.3 Å². The predicted octanol–water partition coefficient (Wildman–Crippen LogP) is 3.22. The van der Waals surface area contributed by atoms with Gasteiger partial charge in [-0.25, -0.2) is 4.79 Å². The van der Waals surface area contributed by atoms with Gasteiger partial charge in [0.15, 0.2) is 5.78 Å². The highest BCUT2D eigenvalue weighted by molar-refractivity contribution is 5.94. The molecule has 1 amide bonds. The molecule has 0 aliphatic heterocycles. The van der Waals surface area contributed by atoms with E-state index < -0.39 is 11.7 Å². The van der Waals surface area contributed by atoms with E-state index in [4.69, 9.17) is 4.74 Å². The van der Waals surface area contributed by atoms with E-state index in [-0.39, 0.29) is 5.78 Å². The van der Waals surface area contributed by atoms with E-state index in [0.29, 0.717) is 12.1 Å². The number of carbonyl (C=O) groups is 2. The number of aryl methyl sites for hydroxylation is 1. The zero-order chi connectivity index (χ0) is 14.6. The van der Waals surface area contributed by atoms with E-state index in [0.717, 1.165) is 11.1 Å². The summed E-state index contributed by atoms with van der Waals surface area (Å²) in [6, 6.07) is 5.55. The first-order valence-electron chi connectivity index (χ1n) is 6.26. The van der Waals surface area contributed by atoms with E-state index in [2.05, 4.69) is 5.32 Å². The maximum Gasteiger partial charge on any atom is 0.407 e. The van der Waals surface area contributed by atoms with Crippen molar-refractivity contribution in [3.8, 4) is 0 Å². The molecule has 0 saturated heterocycles. The fourth-order valence-corrected chi connectivity index (χ4v) is 1.66. The summed E-state index contributed by atoms with van der Waals surface area (Å²) < 4.78 is 5.15. The molecule has 0 radical (unpaired) electrons. The molecule has 4 nitrogen and oxygen atoms in total. The molecule has 0 aliphatic carbocycles. The lowest BCUT2D eigenvalue weighted by molar-refractivity contribution is 0.0523.